The summed E-state index contributed by atoms with van der Waals surface area (Å²) in [6, 6.07) is 14.4. The van der Waals surface area contributed by atoms with E-state index in [4.69, 9.17) is 4.74 Å². The van der Waals surface area contributed by atoms with Gasteiger partial charge < -0.3 is 15.2 Å². The Hall–Kier alpha value is -1.91. The minimum Gasteiger partial charge on any atom is -0.488 e. The molecule has 2 aromatic rings. The Labute approximate surface area is 142 Å². The van der Waals surface area contributed by atoms with Crippen LogP contribution in [0.3, 0.4) is 0 Å². The summed E-state index contributed by atoms with van der Waals surface area (Å²) in [7, 11) is 0. The minimum absolute atomic E-state index is 0.0152. The molecule has 1 aliphatic carbocycles. The van der Waals surface area contributed by atoms with E-state index in [1.807, 2.05) is 0 Å². The Morgan fingerprint density at radius 2 is 1.96 bits per heavy atom. The molecule has 0 spiro atoms. The minimum atomic E-state index is -0.604. The van der Waals surface area contributed by atoms with E-state index < -0.39 is 6.10 Å². The molecule has 0 aliphatic heterocycles. The van der Waals surface area contributed by atoms with E-state index in [0.717, 1.165) is 19.3 Å². The quantitative estimate of drug-likeness (QED) is 0.881. The van der Waals surface area contributed by atoms with E-state index in [2.05, 4.69) is 36.5 Å². The van der Waals surface area contributed by atoms with Crippen LogP contribution in [0.4, 0.5) is 4.39 Å². The summed E-state index contributed by atoms with van der Waals surface area (Å²) < 4.78 is 19.1. The van der Waals surface area contributed by atoms with Gasteiger partial charge in [0.1, 0.15) is 23.8 Å². The second-order valence-electron chi connectivity index (χ2n) is 6.51. The van der Waals surface area contributed by atoms with Gasteiger partial charge in [-0.2, -0.15) is 0 Å². The number of aliphatic hydroxyl groups excluding tert-OH is 1. The molecule has 0 unspecified atom stereocenters. The van der Waals surface area contributed by atoms with Crippen LogP contribution in [0.1, 0.15) is 30.4 Å². The molecular weight excluding hydrogens is 305 g/mol. The number of halogens is 1. The van der Waals surface area contributed by atoms with Crippen molar-refractivity contribution in [3.8, 4) is 5.75 Å². The molecule has 0 bridgehead atoms. The van der Waals surface area contributed by atoms with Crippen LogP contribution in [-0.4, -0.2) is 23.4 Å². The number of aliphatic hydroxyl groups is 1. The smallest absolute Gasteiger partial charge is 0.126 e. The molecule has 1 saturated carbocycles. The summed E-state index contributed by atoms with van der Waals surface area (Å²) in [5.41, 5.74) is 2.43. The molecule has 0 radical (unpaired) electrons. The maximum Gasteiger partial charge on any atom is 0.126 e. The van der Waals surface area contributed by atoms with E-state index in [1.165, 1.54) is 23.3 Å². The highest BCUT2D eigenvalue weighted by molar-refractivity contribution is 5.23. The zero-order valence-electron chi connectivity index (χ0n) is 13.9. The van der Waals surface area contributed by atoms with E-state index in [9.17, 15) is 9.50 Å². The van der Waals surface area contributed by atoms with Crippen LogP contribution in [0.2, 0.25) is 0 Å². The third-order valence-electron chi connectivity index (χ3n) is 4.57. The van der Waals surface area contributed by atoms with Gasteiger partial charge in [0, 0.05) is 18.7 Å². The standard InChI is InChI=1S/C20H24FNO2/c1-14-8-10-15(11-9-14)13-22-18-6-3-7-19(20(18)23)24-17-5-2-4-16(21)12-17/h2,4-5,8-12,18-20,22-23H,3,6-7,13H2,1H3/t18-,19+,20+/m0/s1. The largest absolute Gasteiger partial charge is 0.488 e. The molecule has 3 atom stereocenters. The van der Waals surface area contributed by atoms with Crippen LogP contribution in [0.5, 0.6) is 5.75 Å². The van der Waals surface area contributed by atoms with Gasteiger partial charge in [-0.25, -0.2) is 4.39 Å². The molecule has 4 heteroatoms. The fraction of sp³-hybridized carbons (Fsp3) is 0.400. The maximum absolute atomic E-state index is 13.3. The van der Waals surface area contributed by atoms with Gasteiger partial charge in [0.25, 0.3) is 0 Å². The Morgan fingerprint density at radius 3 is 2.71 bits per heavy atom. The number of ether oxygens (including phenoxy) is 1. The van der Waals surface area contributed by atoms with Crippen LogP contribution in [-0.2, 0) is 6.54 Å². The van der Waals surface area contributed by atoms with Crippen molar-refractivity contribution in [1.29, 1.82) is 0 Å². The molecule has 3 nitrogen and oxygen atoms in total. The fourth-order valence-electron chi connectivity index (χ4n) is 3.16. The second-order valence-corrected chi connectivity index (χ2v) is 6.51. The number of benzene rings is 2. The summed E-state index contributed by atoms with van der Waals surface area (Å²) in [6.07, 6.45) is 1.75. The van der Waals surface area contributed by atoms with Crippen molar-refractivity contribution in [3.05, 3.63) is 65.5 Å². The van der Waals surface area contributed by atoms with Crippen molar-refractivity contribution in [2.75, 3.05) is 0 Å². The van der Waals surface area contributed by atoms with Gasteiger partial charge in [-0.1, -0.05) is 35.9 Å². The van der Waals surface area contributed by atoms with Gasteiger partial charge >= 0.3 is 0 Å². The third-order valence-corrected chi connectivity index (χ3v) is 4.57. The number of aryl methyl sites for hydroxylation is 1. The molecule has 0 heterocycles. The summed E-state index contributed by atoms with van der Waals surface area (Å²) in [5, 5.41) is 14.0. The maximum atomic E-state index is 13.3. The summed E-state index contributed by atoms with van der Waals surface area (Å²) >= 11 is 0. The van der Waals surface area contributed by atoms with E-state index >= 15 is 0 Å². The topological polar surface area (TPSA) is 41.5 Å². The lowest BCUT2D eigenvalue weighted by Crippen LogP contribution is -2.50. The lowest BCUT2D eigenvalue weighted by Gasteiger charge is -2.35. The molecule has 24 heavy (non-hydrogen) atoms. The molecule has 0 saturated heterocycles. The molecular formula is C20H24FNO2. The normalized spacial score (nSPS) is 23.9. The molecule has 2 aromatic carbocycles. The Balaban J connectivity index is 1.58. The summed E-state index contributed by atoms with van der Waals surface area (Å²) in [4.78, 5) is 0. The number of hydrogen-bond acceptors (Lipinski definition) is 3. The lowest BCUT2D eigenvalue weighted by atomic mass is 9.89. The highest BCUT2D eigenvalue weighted by Gasteiger charge is 2.33. The van der Waals surface area contributed by atoms with E-state index in [0.29, 0.717) is 12.3 Å². The predicted molar refractivity (Wildman–Crippen MR) is 92.5 cm³/mol. The van der Waals surface area contributed by atoms with E-state index in [1.54, 1.807) is 12.1 Å². The van der Waals surface area contributed by atoms with Crippen LogP contribution in [0.25, 0.3) is 0 Å². The van der Waals surface area contributed by atoms with Gasteiger partial charge in [-0.3, -0.25) is 0 Å². The van der Waals surface area contributed by atoms with Gasteiger partial charge in [-0.05, 0) is 43.9 Å². The monoisotopic (exact) mass is 329 g/mol. The second kappa shape index (κ2) is 7.77. The zero-order valence-corrected chi connectivity index (χ0v) is 13.9. The van der Waals surface area contributed by atoms with Gasteiger partial charge in [0.2, 0.25) is 0 Å². The van der Waals surface area contributed by atoms with Crippen LogP contribution >= 0.6 is 0 Å². The molecule has 1 fully saturated rings. The van der Waals surface area contributed by atoms with Gasteiger partial charge in [-0.15, -0.1) is 0 Å². The van der Waals surface area contributed by atoms with Crippen molar-refractivity contribution < 1.29 is 14.2 Å². The first kappa shape index (κ1) is 16.9. The molecule has 0 amide bonds. The van der Waals surface area contributed by atoms with Crippen molar-refractivity contribution in [2.45, 2.75) is 51.0 Å². The first-order chi connectivity index (χ1) is 11.6. The fourth-order valence-corrected chi connectivity index (χ4v) is 3.16. The Kier molecular flexibility index (Phi) is 5.48. The van der Waals surface area contributed by atoms with Crippen molar-refractivity contribution in [1.82, 2.24) is 5.32 Å². The van der Waals surface area contributed by atoms with Crippen LogP contribution in [0, 0.1) is 12.7 Å². The zero-order chi connectivity index (χ0) is 16.9. The Morgan fingerprint density at radius 1 is 1.17 bits per heavy atom. The number of hydrogen-bond donors (Lipinski definition) is 2. The molecule has 3 rings (SSSR count). The molecule has 1 aliphatic rings. The first-order valence-electron chi connectivity index (χ1n) is 8.51. The predicted octanol–water partition coefficient (Wildman–Crippen LogP) is 3.58. The van der Waals surface area contributed by atoms with Gasteiger partial charge in [0.15, 0.2) is 0 Å². The Bertz CT molecular complexity index is 659. The average molecular weight is 329 g/mol. The highest BCUT2D eigenvalue weighted by atomic mass is 19.1. The molecule has 2 N–H and O–H groups in total. The SMILES string of the molecule is Cc1ccc(CN[C@H]2CCC[C@@H](Oc3cccc(F)c3)[C@@H]2O)cc1. The molecule has 0 aromatic heterocycles. The highest BCUT2D eigenvalue weighted by Crippen LogP contribution is 2.25. The third kappa shape index (κ3) is 4.34. The lowest BCUT2D eigenvalue weighted by molar-refractivity contribution is -0.0158. The first-order valence-corrected chi connectivity index (χ1v) is 8.51. The molecule has 128 valence electrons. The van der Waals surface area contributed by atoms with Crippen molar-refractivity contribution in [3.63, 3.8) is 0 Å². The van der Waals surface area contributed by atoms with E-state index in [-0.39, 0.29) is 18.0 Å². The van der Waals surface area contributed by atoms with Crippen molar-refractivity contribution in [2.24, 2.45) is 0 Å². The number of nitrogens with one attached hydrogen (secondary N) is 1. The summed E-state index contributed by atoms with van der Waals surface area (Å²) in [5.74, 6) is 0.144. The van der Waals surface area contributed by atoms with Gasteiger partial charge in [0.05, 0.1) is 0 Å². The average Bonchev–Trinajstić information content (AvgIpc) is 2.57. The van der Waals surface area contributed by atoms with Crippen LogP contribution in [0.15, 0.2) is 48.5 Å². The van der Waals surface area contributed by atoms with Crippen molar-refractivity contribution >= 4 is 0 Å². The summed E-state index contributed by atoms with van der Waals surface area (Å²) in [6.45, 7) is 2.78. The van der Waals surface area contributed by atoms with Crippen LogP contribution < -0.4 is 10.1 Å². The number of rotatable bonds is 5.